The highest BCUT2D eigenvalue weighted by Crippen LogP contribution is 2.24. The number of carbonyl (C=O) groups excluding carboxylic acids is 1. The lowest BCUT2D eigenvalue weighted by atomic mass is 10.2. The van der Waals surface area contributed by atoms with Crippen molar-refractivity contribution in [2.24, 2.45) is 0 Å². The molecule has 5 nitrogen and oxygen atoms in total. The summed E-state index contributed by atoms with van der Waals surface area (Å²) < 4.78 is 0. The highest BCUT2D eigenvalue weighted by Gasteiger charge is 2.09. The van der Waals surface area contributed by atoms with Crippen LogP contribution in [0.2, 0.25) is 0 Å². The van der Waals surface area contributed by atoms with Crippen molar-refractivity contribution >= 4 is 23.2 Å². The summed E-state index contributed by atoms with van der Waals surface area (Å²) in [4.78, 5) is 20.5. The topological polar surface area (TPSA) is 66.9 Å². The van der Waals surface area contributed by atoms with E-state index in [2.05, 4.69) is 20.6 Å². The summed E-state index contributed by atoms with van der Waals surface area (Å²) in [6.45, 7) is 0. The summed E-state index contributed by atoms with van der Waals surface area (Å²) in [5, 5.41) is 5.98. The Morgan fingerprint density at radius 2 is 1.41 bits per heavy atom. The molecule has 0 aliphatic rings. The van der Waals surface area contributed by atoms with E-state index in [1.54, 1.807) is 30.6 Å². The van der Waals surface area contributed by atoms with Gasteiger partial charge in [-0.15, -0.1) is 0 Å². The highest BCUT2D eigenvalue weighted by molar-refractivity contribution is 6.06. The van der Waals surface area contributed by atoms with Crippen LogP contribution in [-0.4, -0.2) is 15.9 Å². The number of aromatic nitrogens is 2. The van der Waals surface area contributed by atoms with Gasteiger partial charge in [-0.1, -0.05) is 30.3 Å². The minimum atomic E-state index is -0.163. The zero-order valence-corrected chi connectivity index (χ0v) is 11.7. The molecule has 0 aliphatic heterocycles. The second-order valence-corrected chi connectivity index (χ2v) is 4.56. The van der Waals surface area contributed by atoms with Gasteiger partial charge in [-0.3, -0.25) is 4.79 Å². The summed E-state index contributed by atoms with van der Waals surface area (Å²) in [6.07, 6.45) is 3.31. The Morgan fingerprint density at radius 3 is 2.14 bits per heavy atom. The van der Waals surface area contributed by atoms with Gasteiger partial charge in [0.2, 0.25) is 5.95 Å². The SMILES string of the molecule is O=C(Nc1ccccc1Nc1ncccn1)c1ccccc1. The third kappa shape index (κ3) is 3.27. The molecule has 2 aromatic carbocycles. The van der Waals surface area contributed by atoms with Crippen LogP contribution in [-0.2, 0) is 0 Å². The Morgan fingerprint density at radius 1 is 0.773 bits per heavy atom. The summed E-state index contributed by atoms with van der Waals surface area (Å²) in [5.74, 6) is 0.313. The van der Waals surface area contributed by atoms with Crippen molar-refractivity contribution in [2.75, 3.05) is 10.6 Å². The molecule has 3 rings (SSSR count). The molecule has 0 spiro atoms. The molecule has 0 fully saturated rings. The van der Waals surface area contributed by atoms with Crippen molar-refractivity contribution in [3.05, 3.63) is 78.6 Å². The third-order valence-corrected chi connectivity index (χ3v) is 3.02. The van der Waals surface area contributed by atoms with E-state index in [0.29, 0.717) is 17.2 Å². The van der Waals surface area contributed by atoms with Crippen LogP contribution in [0.5, 0.6) is 0 Å². The molecule has 0 aliphatic carbocycles. The normalized spacial score (nSPS) is 10.0. The zero-order chi connectivity index (χ0) is 15.2. The first-order valence-electron chi connectivity index (χ1n) is 6.82. The van der Waals surface area contributed by atoms with E-state index < -0.39 is 0 Å². The molecule has 1 heterocycles. The smallest absolute Gasteiger partial charge is 0.255 e. The van der Waals surface area contributed by atoms with E-state index in [0.717, 1.165) is 5.69 Å². The molecule has 22 heavy (non-hydrogen) atoms. The van der Waals surface area contributed by atoms with Crippen LogP contribution in [0.25, 0.3) is 0 Å². The van der Waals surface area contributed by atoms with Crippen molar-refractivity contribution in [3.8, 4) is 0 Å². The first-order chi connectivity index (χ1) is 10.8. The molecular formula is C17H14N4O. The predicted octanol–water partition coefficient (Wildman–Crippen LogP) is 3.47. The largest absolute Gasteiger partial charge is 0.322 e. The summed E-state index contributed by atoms with van der Waals surface area (Å²) in [6, 6.07) is 18.2. The molecule has 0 saturated carbocycles. The van der Waals surface area contributed by atoms with Gasteiger partial charge in [0.25, 0.3) is 5.91 Å². The van der Waals surface area contributed by atoms with Crippen molar-refractivity contribution in [2.45, 2.75) is 0 Å². The van der Waals surface area contributed by atoms with Gasteiger partial charge in [-0.2, -0.15) is 0 Å². The average molecular weight is 290 g/mol. The first-order valence-corrected chi connectivity index (χ1v) is 6.82. The van der Waals surface area contributed by atoms with Crippen LogP contribution in [0.1, 0.15) is 10.4 Å². The zero-order valence-electron chi connectivity index (χ0n) is 11.7. The molecule has 3 aromatic rings. The van der Waals surface area contributed by atoms with Gasteiger partial charge in [-0.25, -0.2) is 9.97 Å². The fraction of sp³-hybridized carbons (Fsp3) is 0. The van der Waals surface area contributed by atoms with Gasteiger partial charge in [0, 0.05) is 18.0 Å². The molecular weight excluding hydrogens is 276 g/mol. The molecule has 1 aromatic heterocycles. The maximum atomic E-state index is 12.2. The predicted molar refractivity (Wildman–Crippen MR) is 86.2 cm³/mol. The maximum Gasteiger partial charge on any atom is 0.255 e. The Hall–Kier alpha value is -3.21. The molecule has 2 N–H and O–H groups in total. The minimum absolute atomic E-state index is 0.163. The Kier molecular flexibility index (Phi) is 4.06. The lowest BCUT2D eigenvalue weighted by Crippen LogP contribution is -2.13. The molecule has 0 saturated heterocycles. The maximum absolute atomic E-state index is 12.2. The standard InChI is InChI=1S/C17H14N4O/c22-16(13-7-2-1-3-8-13)20-14-9-4-5-10-15(14)21-17-18-11-6-12-19-17/h1-12H,(H,20,22)(H,18,19,21). The quantitative estimate of drug-likeness (QED) is 0.772. The van der Waals surface area contributed by atoms with Crippen LogP contribution in [0, 0.1) is 0 Å². The van der Waals surface area contributed by atoms with E-state index in [1.807, 2.05) is 42.5 Å². The van der Waals surface area contributed by atoms with Crippen LogP contribution in [0.4, 0.5) is 17.3 Å². The van der Waals surface area contributed by atoms with E-state index >= 15 is 0 Å². The van der Waals surface area contributed by atoms with E-state index in [4.69, 9.17) is 0 Å². The number of amides is 1. The van der Waals surface area contributed by atoms with Crippen molar-refractivity contribution in [1.29, 1.82) is 0 Å². The molecule has 108 valence electrons. The van der Waals surface area contributed by atoms with Gasteiger partial charge in [0.05, 0.1) is 11.4 Å². The van der Waals surface area contributed by atoms with Gasteiger partial charge < -0.3 is 10.6 Å². The van der Waals surface area contributed by atoms with E-state index in [1.165, 1.54) is 0 Å². The Labute approximate surface area is 128 Å². The van der Waals surface area contributed by atoms with Gasteiger partial charge in [0.15, 0.2) is 0 Å². The van der Waals surface area contributed by atoms with Crippen LogP contribution in [0.15, 0.2) is 73.1 Å². The molecule has 0 atom stereocenters. The lowest BCUT2D eigenvalue weighted by molar-refractivity contribution is 0.102. The van der Waals surface area contributed by atoms with Crippen molar-refractivity contribution in [3.63, 3.8) is 0 Å². The number of anilines is 3. The van der Waals surface area contributed by atoms with Crippen molar-refractivity contribution in [1.82, 2.24) is 9.97 Å². The number of benzene rings is 2. The highest BCUT2D eigenvalue weighted by atomic mass is 16.1. The summed E-state index contributed by atoms with van der Waals surface area (Å²) in [7, 11) is 0. The Balaban J connectivity index is 1.81. The summed E-state index contributed by atoms with van der Waals surface area (Å²) in [5.41, 5.74) is 2.01. The van der Waals surface area contributed by atoms with Crippen LogP contribution < -0.4 is 10.6 Å². The van der Waals surface area contributed by atoms with Crippen LogP contribution >= 0.6 is 0 Å². The number of para-hydroxylation sites is 2. The van der Waals surface area contributed by atoms with E-state index in [9.17, 15) is 4.79 Å². The molecule has 1 amide bonds. The van der Waals surface area contributed by atoms with Crippen molar-refractivity contribution < 1.29 is 4.79 Å². The minimum Gasteiger partial charge on any atom is -0.322 e. The third-order valence-electron chi connectivity index (χ3n) is 3.02. The number of nitrogens with zero attached hydrogens (tertiary/aromatic N) is 2. The van der Waals surface area contributed by atoms with E-state index in [-0.39, 0.29) is 5.91 Å². The van der Waals surface area contributed by atoms with Gasteiger partial charge in [0.1, 0.15) is 0 Å². The number of carbonyl (C=O) groups is 1. The average Bonchev–Trinajstić information content (AvgIpc) is 2.58. The van der Waals surface area contributed by atoms with Crippen LogP contribution in [0.3, 0.4) is 0 Å². The number of hydrogen-bond donors (Lipinski definition) is 2. The summed E-state index contributed by atoms with van der Waals surface area (Å²) >= 11 is 0. The monoisotopic (exact) mass is 290 g/mol. The fourth-order valence-electron chi connectivity index (χ4n) is 1.97. The van der Waals surface area contributed by atoms with Gasteiger partial charge >= 0.3 is 0 Å². The molecule has 0 unspecified atom stereocenters. The number of hydrogen-bond acceptors (Lipinski definition) is 4. The number of rotatable bonds is 4. The lowest BCUT2D eigenvalue weighted by Gasteiger charge is -2.12. The molecule has 0 radical (unpaired) electrons. The molecule has 0 bridgehead atoms. The second kappa shape index (κ2) is 6.49. The second-order valence-electron chi connectivity index (χ2n) is 4.56. The fourth-order valence-corrected chi connectivity index (χ4v) is 1.97. The Bertz CT molecular complexity index is 760. The number of nitrogens with one attached hydrogen (secondary N) is 2. The molecule has 5 heteroatoms. The van der Waals surface area contributed by atoms with Gasteiger partial charge in [-0.05, 0) is 30.3 Å². The first kappa shape index (κ1) is 13.8.